The number of hydrogen-bond donors (Lipinski definition) is 0. The summed E-state index contributed by atoms with van der Waals surface area (Å²) in [5.74, 6) is 0.839. The van der Waals surface area contributed by atoms with Gasteiger partial charge in [-0.05, 0) is 52.9 Å². The van der Waals surface area contributed by atoms with E-state index in [-0.39, 0.29) is 11.0 Å². The van der Waals surface area contributed by atoms with E-state index >= 15 is 0 Å². The van der Waals surface area contributed by atoms with Gasteiger partial charge in [-0.15, -0.1) is 0 Å². The summed E-state index contributed by atoms with van der Waals surface area (Å²) < 4.78 is 26.9. The predicted molar refractivity (Wildman–Crippen MR) is 137 cm³/mol. The predicted octanol–water partition coefficient (Wildman–Crippen LogP) is 5.63. The summed E-state index contributed by atoms with van der Waals surface area (Å²) in [5.41, 5.74) is 2.84. The highest BCUT2D eigenvalue weighted by atomic mass is 16.5. The zero-order chi connectivity index (χ0) is 26.3. The molecular weight excluding hydrogens is 460 g/mol. The second kappa shape index (κ2) is 11.6. The highest BCUT2D eigenvalue weighted by Gasteiger charge is 2.19. The van der Waals surface area contributed by atoms with Crippen LogP contribution in [0.4, 0.5) is 0 Å². The van der Waals surface area contributed by atoms with Crippen molar-refractivity contribution in [1.29, 1.82) is 0 Å². The van der Waals surface area contributed by atoms with Gasteiger partial charge in [0.05, 0.1) is 26.9 Å². The van der Waals surface area contributed by atoms with Crippen molar-refractivity contribution >= 4 is 11.8 Å². The Hall–Kier alpha value is -4.00. The van der Waals surface area contributed by atoms with E-state index in [4.69, 9.17) is 23.7 Å². The summed E-state index contributed by atoms with van der Waals surface area (Å²) in [5, 5.41) is 0. The summed E-state index contributed by atoms with van der Waals surface area (Å²) in [4.78, 5) is 25.1. The van der Waals surface area contributed by atoms with Gasteiger partial charge in [0, 0.05) is 5.56 Å². The largest absolute Gasteiger partial charge is 0.493 e. The van der Waals surface area contributed by atoms with Crippen LogP contribution in [0.3, 0.4) is 0 Å². The van der Waals surface area contributed by atoms with Crippen LogP contribution in [-0.2, 0) is 16.8 Å². The van der Waals surface area contributed by atoms with Gasteiger partial charge in [-0.3, -0.25) is 4.79 Å². The maximum atomic E-state index is 12.6. The molecule has 0 radical (unpaired) electrons. The standard InChI is InChI=1S/C29H32O7/c1-29(2,3)22-11-13-23(14-12-22)35-17-19-7-9-20(10-8-19)28(31)36-18-24(30)21-15-25(32-4)27(34-6)26(16-21)33-5/h7-16H,17-18H2,1-6H3. The number of ketones is 1. The fourth-order valence-corrected chi connectivity index (χ4v) is 3.49. The molecule has 0 spiro atoms. The zero-order valence-corrected chi connectivity index (χ0v) is 21.5. The average molecular weight is 493 g/mol. The van der Waals surface area contributed by atoms with Gasteiger partial charge < -0.3 is 23.7 Å². The van der Waals surface area contributed by atoms with Crippen LogP contribution >= 0.6 is 0 Å². The third-order valence-electron chi connectivity index (χ3n) is 5.64. The molecule has 0 amide bonds. The number of hydrogen-bond acceptors (Lipinski definition) is 7. The number of Topliss-reactive ketones (excluding diaryl/α,β-unsaturated/α-hetero) is 1. The van der Waals surface area contributed by atoms with Gasteiger partial charge in [0.25, 0.3) is 0 Å². The molecule has 0 heterocycles. The molecule has 36 heavy (non-hydrogen) atoms. The number of ether oxygens (including phenoxy) is 5. The minimum absolute atomic E-state index is 0.0853. The molecule has 3 rings (SSSR count). The van der Waals surface area contributed by atoms with Crippen molar-refractivity contribution in [2.24, 2.45) is 0 Å². The molecule has 0 aliphatic heterocycles. The molecule has 3 aromatic carbocycles. The van der Waals surface area contributed by atoms with Gasteiger partial charge in [0.15, 0.2) is 18.1 Å². The Morgan fingerprint density at radius 3 is 1.83 bits per heavy atom. The first kappa shape index (κ1) is 26.6. The van der Waals surface area contributed by atoms with Crippen molar-refractivity contribution in [3.05, 3.63) is 82.9 Å². The van der Waals surface area contributed by atoms with Crippen LogP contribution < -0.4 is 18.9 Å². The lowest BCUT2D eigenvalue weighted by Gasteiger charge is -2.19. The van der Waals surface area contributed by atoms with Crippen LogP contribution in [-0.4, -0.2) is 39.7 Å². The summed E-state index contributed by atoms with van der Waals surface area (Å²) >= 11 is 0. The van der Waals surface area contributed by atoms with Crippen LogP contribution in [0.2, 0.25) is 0 Å². The van der Waals surface area contributed by atoms with Crippen LogP contribution in [0, 0.1) is 0 Å². The Labute approximate surface area is 211 Å². The van der Waals surface area contributed by atoms with Crippen molar-refractivity contribution in [2.45, 2.75) is 32.8 Å². The molecule has 0 aliphatic rings. The fraction of sp³-hybridized carbons (Fsp3) is 0.310. The van der Waals surface area contributed by atoms with Crippen molar-refractivity contribution < 1.29 is 33.3 Å². The van der Waals surface area contributed by atoms with E-state index in [1.807, 2.05) is 12.1 Å². The Morgan fingerprint density at radius 1 is 0.750 bits per heavy atom. The normalized spacial score (nSPS) is 10.9. The number of rotatable bonds is 10. The second-order valence-corrected chi connectivity index (χ2v) is 9.17. The highest BCUT2D eigenvalue weighted by Crippen LogP contribution is 2.38. The number of esters is 1. The maximum absolute atomic E-state index is 12.6. The minimum atomic E-state index is -0.596. The third-order valence-corrected chi connectivity index (χ3v) is 5.64. The first-order valence-electron chi connectivity index (χ1n) is 11.5. The van der Waals surface area contributed by atoms with Crippen LogP contribution in [0.1, 0.15) is 52.6 Å². The molecule has 0 atom stereocenters. The zero-order valence-electron chi connectivity index (χ0n) is 21.5. The maximum Gasteiger partial charge on any atom is 0.338 e. The molecular formula is C29H32O7. The lowest BCUT2D eigenvalue weighted by atomic mass is 9.87. The first-order chi connectivity index (χ1) is 17.2. The van der Waals surface area contributed by atoms with Crippen molar-refractivity contribution in [3.8, 4) is 23.0 Å². The quantitative estimate of drug-likeness (QED) is 0.268. The SMILES string of the molecule is COc1cc(C(=O)COC(=O)c2ccc(COc3ccc(C(C)(C)C)cc3)cc2)cc(OC)c1OC. The third kappa shape index (κ3) is 6.56. The fourth-order valence-electron chi connectivity index (χ4n) is 3.49. The number of methoxy groups -OCH3 is 3. The van der Waals surface area contributed by atoms with Crippen molar-refractivity contribution in [3.63, 3.8) is 0 Å². The number of carbonyl (C=O) groups excluding carboxylic acids is 2. The Balaban J connectivity index is 1.56. The lowest BCUT2D eigenvalue weighted by Crippen LogP contribution is -2.14. The van der Waals surface area contributed by atoms with Gasteiger partial charge in [0.2, 0.25) is 11.5 Å². The molecule has 0 N–H and O–H groups in total. The Kier molecular flexibility index (Phi) is 8.59. The smallest absolute Gasteiger partial charge is 0.338 e. The molecule has 0 aromatic heterocycles. The molecule has 0 unspecified atom stereocenters. The van der Waals surface area contributed by atoms with E-state index in [9.17, 15) is 9.59 Å². The second-order valence-electron chi connectivity index (χ2n) is 9.17. The van der Waals surface area contributed by atoms with Crippen molar-refractivity contribution in [2.75, 3.05) is 27.9 Å². The van der Waals surface area contributed by atoms with E-state index in [2.05, 4.69) is 32.9 Å². The van der Waals surface area contributed by atoms with E-state index < -0.39 is 18.4 Å². The number of carbonyl (C=O) groups is 2. The van der Waals surface area contributed by atoms with E-state index in [0.29, 0.717) is 29.4 Å². The molecule has 0 saturated heterocycles. The summed E-state index contributed by atoms with van der Waals surface area (Å²) in [7, 11) is 4.40. The molecule has 3 aromatic rings. The van der Waals surface area contributed by atoms with Gasteiger partial charge in [-0.2, -0.15) is 0 Å². The summed E-state index contributed by atoms with van der Waals surface area (Å²) in [6, 6.07) is 18.0. The van der Waals surface area contributed by atoms with Gasteiger partial charge >= 0.3 is 5.97 Å². The van der Waals surface area contributed by atoms with E-state index in [1.165, 1.54) is 39.0 Å². The first-order valence-corrected chi connectivity index (χ1v) is 11.5. The molecule has 0 fully saturated rings. The Morgan fingerprint density at radius 2 is 1.33 bits per heavy atom. The van der Waals surface area contributed by atoms with Crippen LogP contribution in [0.25, 0.3) is 0 Å². The average Bonchev–Trinajstić information content (AvgIpc) is 2.89. The van der Waals surface area contributed by atoms with Gasteiger partial charge in [0.1, 0.15) is 12.4 Å². The molecule has 190 valence electrons. The Bertz CT molecular complexity index is 1160. The van der Waals surface area contributed by atoms with E-state index in [0.717, 1.165) is 11.3 Å². The molecule has 0 bridgehead atoms. The minimum Gasteiger partial charge on any atom is -0.493 e. The monoisotopic (exact) mass is 492 g/mol. The molecule has 7 heteroatoms. The number of benzene rings is 3. The van der Waals surface area contributed by atoms with Crippen LogP contribution in [0.15, 0.2) is 60.7 Å². The van der Waals surface area contributed by atoms with E-state index in [1.54, 1.807) is 24.3 Å². The highest BCUT2D eigenvalue weighted by molar-refractivity contribution is 6.00. The topological polar surface area (TPSA) is 80.3 Å². The lowest BCUT2D eigenvalue weighted by molar-refractivity contribution is 0.0474. The van der Waals surface area contributed by atoms with Crippen molar-refractivity contribution in [1.82, 2.24) is 0 Å². The summed E-state index contributed by atoms with van der Waals surface area (Å²) in [6.07, 6.45) is 0. The van der Waals surface area contributed by atoms with Gasteiger partial charge in [-0.1, -0.05) is 45.0 Å². The molecule has 0 aliphatic carbocycles. The van der Waals surface area contributed by atoms with Gasteiger partial charge in [-0.25, -0.2) is 4.79 Å². The molecule has 7 nitrogen and oxygen atoms in total. The molecule has 0 saturated carbocycles. The van der Waals surface area contributed by atoms with Crippen LogP contribution in [0.5, 0.6) is 23.0 Å². The summed E-state index contributed by atoms with van der Waals surface area (Å²) in [6.45, 7) is 6.44.